The number of amides is 1. The van der Waals surface area contributed by atoms with Gasteiger partial charge >= 0.3 is 5.69 Å². The number of hydrogen-bond donors (Lipinski definition) is 1. The number of aryl methyl sites for hydroxylation is 2. The summed E-state index contributed by atoms with van der Waals surface area (Å²) in [5.41, 5.74) is 3.19. The van der Waals surface area contributed by atoms with E-state index in [-0.39, 0.29) is 30.4 Å². The number of thiazole rings is 1. The Morgan fingerprint density at radius 1 is 1.18 bits per heavy atom. The molecule has 1 N–H and O–H groups in total. The monoisotopic (exact) mass is 397 g/mol. The van der Waals surface area contributed by atoms with E-state index >= 15 is 0 Å². The van der Waals surface area contributed by atoms with E-state index in [0.29, 0.717) is 10.7 Å². The van der Waals surface area contributed by atoms with Crippen LogP contribution in [0.25, 0.3) is 0 Å². The molecule has 0 aliphatic heterocycles. The Hall–Kier alpha value is -3.26. The molecular formula is C20H19N3O4S. The number of anilines is 1. The summed E-state index contributed by atoms with van der Waals surface area (Å²) >= 11 is 1.35. The molecule has 28 heavy (non-hydrogen) atoms. The Morgan fingerprint density at radius 3 is 2.61 bits per heavy atom. The second kappa shape index (κ2) is 8.62. The van der Waals surface area contributed by atoms with E-state index in [2.05, 4.69) is 10.3 Å². The van der Waals surface area contributed by atoms with E-state index in [4.69, 9.17) is 4.74 Å². The summed E-state index contributed by atoms with van der Waals surface area (Å²) in [5, 5.41) is 16.4. The van der Waals surface area contributed by atoms with Gasteiger partial charge in [0.1, 0.15) is 11.6 Å². The van der Waals surface area contributed by atoms with Gasteiger partial charge in [-0.15, -0.1) is 11.3 Å². The fraction of sp³-hybridized carbons (Fsp3) is 0.200. The molecule has 0 bridgehead atoms. The van der Waals surface area contributed by atoms with Crippen molar-refractivity contribution in [3.63, 3.8) is 0 Å². The number of carbonyl (C=O) groups is 1. The number of nitro groups is 1. The Kier molecular flexibility index (Phi) is 6.00. The lowest BCUT2D eigenvalue weighted by atomic mass is 10.2. The number of nitrogens with zero attached hydrogens (tertiary/aromatic N) is 2. The van der Waals surface area contributed by atoms with Crippen molar-refractivity contribution in [2.24, 2.45) is 0 Å². The number of aromatic nitrogens is 1. The first-order valence-electron chi connectivity index (χ1n) is 8.58. The van der Waals surface area contributed by atoms with E-state index in [1.54, 1.807) is 24.4 Å². The maximum absolute atomic E-state index is 12.2. The molecule has 0 atom stereocenters. The molecule has 1 aromatic heterocycles. The van der Waals surface area contributed by atoms with Crippen LogP contribution in [0.5, 0.6) is 5.75 Å². The SMILES string of the molecule is Cc1ccc(NC(=O)Cc2nc(COc3ccc(C)cc3[N+](=O)[O-])cs2)cc1. The molecule has 8 heteroatoms. The highest BCUT2D eigenvalue weighted by Gasteiger charge is 2.16. The van der Waals surface area contributed by atoms with E-state index in [9.17, 15) is 14.9 Å². The molecule has 0 saturated heterocycles. The summed E-state index contributed by atoms with van der Waals surface area (Å²) < 4.78 is 5.57. The normalized spacial score (nSPS) is 10.5. The number of nitro benzene ring substituents is 1. The van der Waals surface area contributed by atoms with Gasteiger partial charge < -0.3 is 10.1 Å². The molecule has 0 saturated carbocycles. The molecule has 144 valence electrons. The van der Waals surface area contributed by atoms with Gasteiger partial charge in [0, 0.05) is 17.1 Å². The van der Waals surface area contributed by atoms with Crippen molar-refractivity contribution in [2.75, 3.05) is 5.32 Å². The average molecular weight is 397 g/mol. The van der Waals surface area contributed by atoms with Gasteiger partial charge in [-0.2, -0.15) is 0 Å². The summed E-state index contributed by atoms with van der Waals surface area (Å²) in [6.45, 7) is 3.86. The van der Waals surface area contributed by atoms with Crippen molar-refractivity contribution in [3.8, 4) is 5.75 Å². The molecule has 0 spiro atoms. The second-order valence-electron chi connectivity index (χ2n) is 6.34. The van der Waals surface area contributed by atoms with Crippen LogP contribution in [0.1, 0.15) is 21.8 Å². The number of ether oxygens (including phenoxy) is 1. The van der Waals surface area contributed by atoms with Gasteiger partial charge in [-0.05, 0) is 37.6 Å². The maximum Gasteiger partial charge on any atom is 0.311 e. The third kappa shape index (κ3) is 5.14. The molecule has 0 radical (unpaired) electrons. The Morgan fingerprint density at radius 2 is 1.89 bits per heavy atom. The van der Waals surface area contributed by atoms with Gasteiger partial charge in [-0.1, -0.05) is 23.8 Å². The highest BCUT2D eigenvalue weighted by Crippen LogP contribution is 2.28. The van der Waals surface area contributed by atoms with Crippen molar-refractivity contribution >= 4 is 28.6 Å². The van der Waals surface area contributed by atoms with E-state index in [0.717, 1.165) is 16.8 Å². The molecule has 0 aliphatic carbocycles. The lowest BCUT2D eigenvalue weighted by Crippen LogP contribution is -2.14. The fourth-order valence-electron chi connectivity index (χ4n) is 2.52. The van der Waals surface area contributed by atoms with E-state index < -0.39 is 4.92 Å². The predicted molar refractivity (Wildman–Crippen MR) is 108 cm³/mol. The van der Waals surface area contributed by atoms with Gasteiger partial charge in [-0.25, -0.2) is 4.98 Å². The van der Waals surface area contributed by atoms with E-state index in [1.165, 1.54) is 17.4 Å². The third-order valence-corrected chi connectivity index (χ3v) is 4.83. The zero-order valence-corrected chi connectivity index (χ0v) is 16.3. The lowest BCUT2D eigenvalue weighted by Gasteiger charge is -2.06. The van der Waals surface area contributed by atoms with E-state index in [1.807, 2.05) is 31.2 Å². The van der Waals surface area contributed by atoms with Crippen LogP contribution in [0.3, 0.4) is 0 Å². The molecule has 1 heterocycles. The summed E-state index contributed by atoms with van der Waals surface area (Å²) in [4.78, 5) is 27.2. The van der Waals surface area contributed by atoms with Crippen molar-refractivity contribution in [3.05, 3.63) is 79.8 Å². The minimum Gasteiger partial charge on any atom is -0.480 e. The first-order valence-corrected chi connectivity index (χ1v) is 9.46. The largest absolute Gasteiger partial charge is 0.480 e. The number of hydrogen-bond acceptors (Lipinski definition) is 6. The van der Waals surface area contributed by atoms with Gasteiger partial charge in [0.15, 0.2) is 5.75 Å². The fourth-order valence-corrected chi connectivity index (χ4v) is 3.30. The second-order valence-corrected chi connectivity index (χ2v) is 7.28. The van der Waals surface area contributed by atoms with Crippen LogP contribution in [0.2, 0.25) is 0 Å². The Balaban J connectivity index is 1.58. The molecule has 2 aromatic carbocycles. The van der Waals surface area contributed by atoms with Crippen LogP contribution < -0.4 is 10.1 Å². The molecule has 0 aliphatic rings. The zero-order chi connectivity index (χ0) is 20.1. The molecule has 1 amide bonds. The summed E-state index contributed by atoms with van der Waals surface area (Å²) in [6.07, 6.45) is 0.156. The van der Waals surface area contributed by atoms with Crippen LogP contribution >= 0.6 is 11.3 Å². The minimum absolute atomic E-state index is 0.0760. The number of carbonyl (C=O) groups excluding carboxylic acids is 1. The average Bonchev–Trinajstić information content (AvgIpc) is 3.09. The number of benzene rings is 2. The predicted octanol–water partition coefficient (Wildman–Crippen LogP) is 4.43. The van der Waals surface area contributed by atoms with Gasteiger partial charge in [-0.3, -0.25) is 14.9 Å². The quantitative estimate of drug-likeness (QED) is 0.470. The Bertz CT molecular complexity index is 999. The van der Waals surface area contributed by atoms with Crippen LogP contribution in [0.4, 0.5) is 11.4 Å². The summed E-state index contributed by atoms with van der Waals surface area (Å²) in [6, 6.07) is 12.4. The van der Waals surface area contributed by atoms with Crippen molar-refractivity contribution in [2.45, 2.75) is 26.9 Å². The maximum atomic E-state index is 12.2. The van der Waals surface area contributed by atoms with Crippen LogP contribution in [0.15, 0.2) is 47.8 Å². The summed E-state index contributed by atoms with van der Waals surface area (Å²) in [5.74, 6) is 0.0436. The van der Waals surface area contributed by atoms with Gasteiger partial charge in [0.2, 0.25) is 5.91 Å². The Labute approximate surface area is 166 Å². The highest BCUT2D eigenvalue weighted by molar-refractivity contribution is 7.09. The molecule has 0 fully saturated rings. The standard InChI is InChI=1S/C20H19N3O4S/c1-13-3-6-15(7-4-13)21-19(24)10-20-22-16(12-28-20)11-27-18-8-5-14(2)9-17(18)23(25)26/h3-9,12H,10-11H2,1-2H3,(H,21,24). The van der Waals surface area contributed by atoms with Gasteiger partial charge in [0.05, 0.1) is 17.0 Å². The van der Waals surface area contributed by atoms with Crippen molar-refractivity contribution < 1.29 is 14.5 Å². The number of nitrogens with one attached hydrogen (secondary N) is 1. The molecule has 7 nitrogen and oxygen atoms in total. The smallest absolute Gasteiger partial charge is 0.311 e. The first kappa shape index (κ1) is 19.5. The highest BCUT2D eigenvalue weighted by atomic mass is 32.1. The molecule has 0 unspecified atom stereocenters. The summed E-state index contributed by atoms with van der Waals surface area (Å²) in [7, 11) is 0. The number of rotatable bonds is 7. The van der Waals surface area contributed by atoms with Crippen molar-refractivity contribution in [1.82, 2.24) is 4.98 Å². The minimum atomic E-state index is -0.468. The third-order valence-electron chi connectivity index (χ3n) is 3.93. The van der Waals surface area contributed by atoms with Crippen LogP contribution in [-0.4, -0.2) is 15.8 Å². The van der Waals surface area contributed by atoms with Crippen molar-refractivity contribution in [1.29, 1.82) is 0 Å². The topological polar surface area (TPSA) is 94.4 Å². The zero-order valence-electron chi connectivity index (χ0n) is 15.5. The molecular weight excluding hydrogens is 378 g/mol. The van der Waals surface area contributed by atoms with Crippen LogP contribution in [-0.2, 0) is 17.8 Å². The molecule has 3 rings (SSSR count). The van der Waals surface area contributed by atoms with Crippen LogP contribution in [0, 0.1) is 24.0 Å². The lowest BCUT2D eigenvalue weighted by molar-refractivity contribution is -0.386. The van der Waals surface area contributed by atoms with Gasteiger partial charge in [0.25, 0.3) is 0 Å². The first-order chi connectivity index (χ1) is 13.4. The molecule has 3 aromatic rings.